The van der Waals surface area contributed by atoms with Gasteiger partial charge in [0, 0.05) is 40.3 Å². The van der Waals surface area contributed by atoms with Crippen LogP contribution in [0.3, 0.4) is 0 Å². The first kappa shape index (κ1) is 19.1. The summed E-state index contributed by atoms with van der Waals surface area (Å²) in [4.78, 5) is 18.0. The van der Waals surface area contributed by atoms with Gasteiger partial charge in [0.15, 0.2) is 0 Å². The Balaban J connectivity index is 1.56. The molecule has 0 amide bonds. The van der Waals surface area contributed by atoms with E-state index in [1.54, 1.807) is 0 Å². The van der Waals surface area contributed by atoms with Crippen molar-refractivity contribution in [3.05, 3.63) is 85.3 Å². The molecular weight excluding hydrogens is 382 g/mol. The van der Waals surface area contributed by atoms with Gasteiger partial charge < -0.3 is 5.32 Å². The van der Waals surface area contributed by atoms with Gasteiger partial charge in [0.2, 0.25) is 0 Å². The van der Waals surface area contributed by atoms with Gasteiger partial charge in [0.05, 0.1) is 18.1 Å². The van der Waals surface area contributed by atoms with Crippen LogP contribution >= 0.6 is 0 Å². The van der Waals surface area contributed by atoms with E-state index in [4.69, 9.17) is 4.98 Å². The first-order valence-electron chi connectivity index (χ1n) is 10.3. The Morgan fingerprint density at radius 3 is 2.29 bits per heavy atom. The van der Waals surface area contributed by atoms with E-state index < -0.39 is 0 Å². The minimum Gasteiger partial charge on any atom is -0.337 e. The van der Waals surface area contributed by atoms with E-state index in [2.05, 4.69) is 77.4 Å². The van der Waals surface area contributed by atoms with Crippen LogP contribution < -0.4 is 5.32 Å². The van der Waals surface area contributed by atoms with Crippen molar-refractivity contribution in [1.29, 1.82) is 0 Å². The highest BCUT2D eigenvalue weighted by Gasteiger charge is 2.17. The van der Waals surface area contributed by atoms with Crippen LogP contribution in [-0.2, 0) is 5.41 Å². The third kappa shape index (κ3) is 3.70. The van der Waals surface area contributed by atoms with E-state index in [1.807, 2.05) is 43.1 Å². The summed E-state index contributed by atoms with van der Waals surface area (Å²) in [5.41, 5.74) is 2.94. The van der Waals surface area contributed by atoms with E-state index >= 15 is 0 Å². The largest absolute Gasteiger partial charge is 0.337 e. The molecule has 0 spiro atoms. The quantitative estimate of drug-likeness (QED) is 0.383. The van der Waals surface area contributed by atoms with E-state index in [0.29, 0.717) is 0 Å². The standard InChI is InChI=1S/C26H23N5/c1-26(2,3)25-29-14-20(15-30-25)31-24-22-7-5-4-6-21(22)23(16-28-24)18-9-8-17-10-11-27-13-19(17)12-18/h4-16H,1-3H3,(H,28,31). The molecule has 31 heavy (non-hydrogen) atoms. The summed E-state index contributed by atoms with van der Waals surface area (Å²) in [6, 6.07) is 16.8. The Morgan fingerprint density at radius 2 is 1.52 bits per heavy atom. The van der Waals surface area contributed by atoms with E-state index in [0.717, 1.165) is 44.6 Å². The molecule has 0 bridgehead atoms. The molecule has 5 heteroatoms. The lowest BCUT2D eigenvalue weighted by atomic mass is 9.96. The third-order valence-corrected chi connectivity index (χ3v) is 5.33. The van der Waals surface area contributed by atoms with Gasteiger partial charge in [-0.15, -0.1) is 0 Å². The number of anilines is 2. The summed E-state index contributed by atoms with van der Waals surface area (Å²) in [5.74, 6) is 1.60. The monoisotopic (exact) mass is 405 g/mol. The van der Waals surface area contributed by atoms with Gasteiger partial charge in [-0.05, 0) is 28.5 Å². The lowest BCUT2D eigenvalue weighted by Gasteiger charge is -2.17. The molecular formula is C26H23N5. The van der Waals surface area contributed by atoms with Crippen LogP contribution in [-0.4, -0.2) is 19.9 Å². The first-order valence-corrected chi connectivity index (χ1v) is 10.3. The molecule has 0 aliphatic rings. The van der Waals surface area contributed by atoms with Gasteiger partial charge in [-0.1, -0.05) is 57.2 Å². The molecule has 5 aromatic rings. The summed E-state index contributed by atoms with van der Waals surface area (Å²) in [7, 11) is 0. The zero-order valence-corrected chi connectivity index (χ0v) is 17.8. The number of hydrogen-bond donors (Lipinski definition) is 1. The first-order chi connectivity index (χ1) is 15.0. The summed E-state index contributed by atoms with van der Waals surface area (Å²) >= 11 is 0. The lowest BCUT2D eigenvalue weighted by molar-refractivity contribution is 0.545. The summed E-state index contributed by atoms with van der Waals surface area (Å²) in [5, 5.41) is 7.86. The Labute approximate surface area is 181 Å². The number of aromatic nitrogens is 4. The van der Waals surface area contributed by atoms with Crippen LogP contribution in [0.15, 0.2) is 79.5 Å². The molecule has 0 fully saturated rings. The third-order valence-electron chi connectivity index (χ3n) is 5.33. The molecule has 1 N–H and O–H groups in total. The van der Waals surface area contributed by atoms with Gasteiger partial charge in [-0.3, -0.25) is 4.98 Å². The van der Waals surface area contributed by atoms with Gasteiger partial charge in [0.1, 0.15) is 11.6 Å². The molecule has 3 aromatic heterocycles. The Bertz CT molecular complexity index is 1390. The second kappa shape index (κ2) is 7.43. The normalized spacial score (nSPS) is 11.7. The molecule has 0 saturated heterocycles. The minimum absolute atomic E-state index is 0.0828. The van der Waals surface area contributed by atoms with Crippen LogP contribution in [0.4, 0.5) is 11.5 Å². The van der Waals surface area contributed by atoms with Crippen LogP contribution in [0.5, 0.6) is 0 Å². The van der Waals surface area contributed by atoms with Gasteiger partial charge in [-0.2, -0.15) is 0 Å². The number of hydrogen-bond acceptors (Lipinski definition) is 5. The van der Waals surface area contributed by atoms with Crippen molar-refractivity contribution in [3.63, 3.8) is 0 Å². The second-order valence-corrected chi connectivity index (χ2v) is 8.67. The van der Waals surface area contributed by atoms with E-state index in [-0.39, 0.29) is 5.41 Å². The van der Waals surface area contributed by atoms with Crippen molar-refractivity contribution in [2.75, 3.05) is 5.32 Å². The van der Waals surface area contributed by atoms with E-state index in [9.17, 15) is 0 Å². The van der Waals surface area contributed by atoms with Crippen molar-refractivity contribution in [2.45, 2.75) is 26.2 Å². The number of fused-ring (bicyclic) bond motifs is 2. The minimum atomic E-state index is -0.0828. The maximum absolute atomic E-state index is 4.75. The summed E-state index contributed by atoms with van der Waals surface area (Å²) < 4.78 is 0. The predicted molar refractivity (Wildman–Crippen MR) is 126 cm³/mol. The SMILES string of the molecule is CC(C)(C)c1ncc(Nc2ncc(-c3ccc4ccncc4c3)c3ccccc23)cn1. The molecule has 0 aliphatic heterocycles. The molecule has 152 valence electrons. The predicted octanol–water partition coefficient (Wildman–Crippen LogP) is 6.28. The number of rotatable bonds is 3. The van der Waals surface area contributed by atoms with Crippen molar-refractivity contribution in [1.82, 2.24) is 19.9 Å². The summed E-state index contributed by atoms with van der Waals surface area (Å²) in [6.07, 6.45) is 9.26. The molecule has 2 aromatic carbocycles. The molecule has 3 heterocycles. The highest BCUT2D eigenvalue weighted by molar-refractivity contribution is 6.03. The fraction of sp³-hybridized carbons (Fsp3) is 0.154. The molecule has 0 atom stereocenters. The summed E-state index contributed by atoms with van der Waals surface area (Å²) in [6.45, 7) is 6.31. The van der Waals surface area contributed by atoms with E-state index in [1.165, 1.54) is 5.39 Å². The molecule has 0 saturated carbocycles. The van der Waals surface area contributed by atoms with Crippen LogP contribution in [0.2, 0.25) is 0 Å². The van der Waals surface area contributed by atoms with Gasteiger partial charge in [-0.25, -0.2) is 15.0 Å². The van der Waals surface area contributed by atoms with Crippen molar-refractivity contribution >= 4 is 33.1 Å². The van der Waals surface area contributed by atoms with Crippen LogP contribution in [0, 0.1) is 0 Å². The number of benzene rings is 2. The van der Waals surface area contributed by atoms with Crippen molar-refractivity contribution < 1.29 is 0 Å². The van der Waals surface area contributed by atoms with Gasteiger partial charge in [0.25, 0.3) is 0 Å². The smallest absolute Gasteiger partial charge is 0.138 e. The zero-order valence-electron chi connectivity index (χ0n) is 17.8. The molecule has 5 rings (SSSR count). The average molecular weight is 406 g/mol. The number of nitrogens with one attached hydrogen (secondary N) is 1. The average Bonchev–Trinajstić information content (AvgIpc) is 2.79. The highest BCUT2D eigenvalue weighted by atomic mass is 15.0. The number of nitrogens with zero attached hydrogens (tertiary/aromatic N) is 4. The van der Waals surface area contributed by atoms with Crippen molar-refractivity contribution in [3.8, 4) is 11.1 Å². The van der Waals surface area contributed by atoms with Crippen LogP contribution in [0.1, 0.15) is 26.6 Å². The fourth-order valence-corrected chi connectivity index (χ4v) is 3.69. The lowest BCUT2D eigenvalue weighted by Crippen LogP contribution is -2.15. The Morgan fingerprint density at radius 1 is 0.742 bits per heavy atom. The van der Waals surface area contributed by atoms with Crippen LogP contribution in [0.25, 0.3) is 32.7 Å². The maximum Gasteiger partial charge on any atom is 0.138 e. The maximum atomic E-state index is 4.75. The Hall–Kier alpha value is -3.86. The number of pyridine rings is 2. The Kier molecular flexibility index (Phi) is 4.59. The molecule has 0 aliphatic carbocycles. The molecule has 0 radical (unpaired) electrons. The molecule has 5 nitrogen and oxygen atoms in total. The fourth-order valence-electron chi connectivity index (χ4n) is 3.69. The van der Waals surface area contributed by atoms with Gasteiger partial charge >= 0.3 is 0 Å². The topological polar surface area (TPSA) is 63.6 Å². The molecule has 0 unspecified atom stereocenters. The zero-order chi connectivity index (χ0) is 21.4. The highest BCUT2D eigenvalue weighted by Crippen LogP contribution is 2.34. The van der Waals surface area contributed by atoms with Crippen molar-refractivity contribution in [2.24, 2.45) is 0 Å². The second-order valence-electron chi connectivity index (χ2n) is 8.67.